The molecule has 0 N–H and O–H groups in total. The summed E-state index contributed by atoms with van der Waals surface area (Å²) in [5, 5.41) is 1.12. The van der Waals surface area contributed by atoms with E-state index in [4.69, 9.17) is 0 Å². The Morgan fingerprint density at radius 3 is 2.64 bits per heavy atom. The molecule has 0 aliphatic heterocycles. The van der Waals surface area contributed by atoms with E-state index in [0.717, 1.165) is 5.33 Å². The molecule has 0 unspecified atom stereocenters. The summed E-state index contributed by atoms with van der Waals surface area (Å²) in [6, 6.07) is 4.50. The standard InChI is InChI=1S/C9H13BrS/c1-2-8-5-6-9(11-8)4-3-7-10/h5-6H,2-4,7H2,1H3. The van der Waals surface area contributed by atoms with Gasteiger partial charge in [0, 0.05) is 15.1 Å². The van der Waals surface area contributed by atoms with Crippen molar-refractivity contribution in [3.63, 3.8) is 0 Å². The van der Waals surface area contributed by atoms with Crippen molar-refractivity contribution < 1.29 is 0 Å². The third-order valence-corrected chi connectivity index (χ3v) is 3.47. The van der Waals surface area contributed by atoms with Crippen LogP contribution >= 0.6 is 27.3 Å². The van der Waals surface area contributed by atoms with E-state index in [1.165, 1.54) is 29.0 Å². The predicted molar refractivity (Wildman–Crippen MR) is 55.8 cm³/mol. The molecule has 1 heterocycles. The van der Waals surface area contributed by atoms with Crippen molar-refractivity contribution in [3.05, 3.63) is 21.9 Å². The van der Waals surface area contributed by atoms with Crippen LogP contribution in [0.3, 0.4) is 0 Å². The largest absolute Gasteiger partial charge is 0.145 e. The Hall–Kier alpha value is 0.180. The molecule has 1 aromatic rings. The number of hydrogen-bond donors (Lipinski definition) is 0. The minimum absolute atomic E-state index is 1.12. The second kappa shape index (κ2) is 4.94. The highest BCUT2D eigenvalue weighted by molar-refractivity contribution is 9.09. The van der Waals surface area contributed by atoms with Gasteiger partial charge in [0.15, 0.2) is 0 Å². The lowest BCUT2D eigenvalue weighted by molar-refractivity contribution is 0.959. The van der Waals surface area contributed by atoms with Crippen LogP contribution in [0.2, 0.25) is 0 Å². The number of halogens is 1. The SMILES string of the molecule is CCc1ccc(CCCBr)s1. The van der Waals surface area contributed by atoms with E-state index in [1.807, 2.05) is 11.3 Å². The van der Waals surface area contributed by atoms with Crippen molar-refractivity contribution in [2.24, 2.45) is 0 Å². The van der Waals surface area contributed by atoms with Gasteiger partial charge in [0.2, 0.25) is 0 Å². The van der Waals surface area contributed by atoms with Crippen LogP contribution in [0, 0.1) is 0 Å². The minimum atomic E-state index is 1.12. The van der Waals surface area contributed by atoms with Crippen LogP contribution in [0.1, 0.15) is 23.1 Å². The van der Waals surface area contributed by atoms with Gasteiger partial charge in [-0.3, -0.25) is 0 Å². The second-order valence-corrected chi connectivity index (χ2v) is 4.56. The van der Waals surface area contributed by atoms with Crippen LogP contribution in [0.15, 0.2) is 12.1 Å². The Balaban J connectivity index is 2.44. The molecule has 0 fully saturated rings. The first-order valence-electron chi connectivity index (χ1n) is 4.00. The quantitative estimate of drug-likeness (QED) is 0.696. The topological polar surface area (TPSA) is 0 Å². The number of rotatable bonds is 4. The van der Waals surface area contributed by atoms with Gasteiger partial charge in [-0.05, 0) is 31.4 Å². The zero-order valence-electron chi connectivity index (χ0n) is 6.77. The molecular formula is C9H13BrS. The van der Waals surface area contributed by atoms with E-state index >= 15 is 0 Å². The molecule has 11 heavy (non-hydrogen) atoms. The predicted octanol–water partition coefficient (Wildman–Crippen LogP) is 3.64. The maximum atomic E-state index is 3.44. The molecule has 2 heteroatoms. The molecule has 0 radical (unpaired) electrons. The zero-order valence-corrected chi connectivity index (χ0v) is 9.17. The van der Waals surface area contributed by atoms with Crippen molar-refractivity contribution >= 4 is 27.3 Å². The zero-order chi connectivity index (χ0) is 8.10. The van der Waals surface area contributed by atoms with E-state index in [9.17, 15) is 0 Å². The van der Waals surface area contributed by atoms with Gasteiger partial charge < -0.3 is 0 Å². The number of hydrogen-bond acceptors (Lipinski definition) is 1. The van der Waals surface area contributed by atoms with Gasteiger partial charge >= 0.3 is 0 Å². The maximum absolute atomic E-state index is 3.44. The van der Waals surface area contributed by atoms with Gasteiger partial charge in [-0.25, -0.2) is 0 Å². The van der Waals surface area contributed by atoms with Crippen LogP contribution in [-0.4, -0.2) is 5.33 Å². The molecule has 0 aromatic carbocycles. The van der Waals surface area contributed by atoms with E-state index in [2.05, 4.69) is 35.0 Å². The third kappa shape index (κ3) is 2.96. The number of aryl methyl sites for hydroxylation is 2. The molecule has 0 aliphatic rings. The smallest absolute Gasteiger partial charge is 0.00484 e. The van der Waals surface area contributed by atoms with Crippen LogP contribution in [0.25, 0.3) is 0 Å². The molecule has 0 spiro atoms. The fourth-order valence-corrected chi connectivity index (χ4v) is 2.27. The average Bonchev–Trinajstić information content (AvgIpc) is 2.48. The minimum Gasteiger partial charge on any atom is -0.145 e. The van der Waals surface area contributed by atoms with Gasteiger partial charge in [0.05, 0.1) is 0 Å². The van der Waals surface area contributed by atoms with E-state index in [1.54, 1.807) is 0 Å². The third-order valence-electron chi connectivity index (χ3n) is 1.62. The van der Waals surface area contributed by atoms with E-state index in [-0.39, 0.29) is 0 Å². The van der Waals surface area contributed by atoms with E-state index in [0.29, 0.717) is 0 Å². The van der Waals surface area contributed by atoms with Crippen molar-refractivity contribution in [1.82, 2.24) is 0 Å². The normalized spacial score (nSPS) is 10.4. The molecular weight excluding hydrogens is 220 g/mol. The molecule has 1 aromatic heterocycles. The van der Waals surface area contributed by atoms with Crippen molar-refractivity contribution in [2.75, 3.05) is 5.33 Å². The first kappa shape index (κ1) is 9.27. The fourth-order valence-electron chi connectivity index (χ4n) is 0.988. The Morgan fingerprint density at radius 1 is 1.36 bits per heavy atom. The van der Waals surface area contributed by atoms with E-state index < -0.39 is 0 Å². The summed E-state index contributed by atoms with van der Waals surface area (Å²) < 4.78 is 0. The lowest BCUT2D eigenvalue weighted by atomic mass is 10.3. The molecule has 0 aliphatic carbocycles. The Labute approximate surface area is 80.8 Å². The van der Waals surface area contributed by atoms with Gasteiger partial charge in [0.1, 0.15) is 0 Å². The molecule has 0 bridgehead atoms. The van der Waals surface area contributed by atoms with Crippen LogP contribution in [0.4, 0.5) is 0 Å². The fraction of sp³-hybridized carbons (Fsp3) is 0.556. The van der Waals surface area contributed by atoms with Crippen LogP contribution in [0.5, 0.6) is 0 Å². The lowest BCUT2D eigenvalue weighted by Crippen LogP contribution is -1.79. The highest BCUT2D eigenvalue weighted by Gasteiger charge is 1.96. The molecule has 0 nitrogen and oxygen atoms in total. The highest BCUT2D eigenvalue weighted by Crippen LogP contribution is 2.18. The number of thiophene rings is 1. The summed E-state index contributed by atoms with van der Waals surface area (Å²) >= 11 is 5.39. The molecule has 0 saturated heterocycles. The van der Waals surface area contributed by atoms with Gasteiger partial charge in [-0.1, -0.05) is 22.9 Å². The first-order chi connectivity index (χ1) is 5.36. The van der Waals surface area contributed by atoms with Crippen molar-refractivity contribution in [2.45, 2.75) is 26.2 Å². The molecule has 0 saturated carbocycles. The monoisotopic (exact) mass is 232 g/mol. The van der Waals surface area contributed by atoms with Crippen LogP contribution < -0.4 is 0 Å². The summed E-state index contributed by atoms with van der Waals surface area (Å²) in [5.74, 6) is 0. The Kier molecular flexibility index (Phi) is 4.16. The lowest BCUT2D eigenvalue weighted by Gasteiger charge is -1.91. The molecule has 62 valence electrons. The first-order valence-corrected chi connectivity index (χ1v) is 5.94. The van der Waals surface area contributed by atoms with Gasteiger partial charge in [0.25, 0.3) is 0 Å². The van der Waals surface area contributed by atoms with Crippen molar-refractivity contribution in [1.29, 1.82) is 0 Å². The Bertz CT molecular complexity index is 205. The van der Waals surface area contributed by atoms with Crippen LogP contribution in [-0.2, 0) is 12.8 Å². The van der Waals surface area contributed by atoms with Crippen molar-refractivity contribution in [3.8, 4) is 0 Å². The summed E-state index contributed by atoms with van der Waals surface area (Å²) in [5.41, 5.74) is 0. The maximum Gasteiger partial charge on any atom is 0.00484 e. The Morgan fingerprint density at radius 2 is 2.09 bits per heavy atom. The highest BCUT2D eigenvalue weighted by atomic mass is 79.9. The average molecular weight is 233 g/mol. The number of alkyl halides is 1. The second-order valence-electron chi connectivity index (χ2n) is 2.51. The summed E-state index contributed by atoms with van der Waals surface area (Å²) in [6.07, 6.45) is 3.67. The van der Waals surface area contributed by atoms with Gasteiger partial charge in [-0.2, -0.15) is 0 Å². The summed E-state index contributed by atoms with van der Waals surface area (Å²) in [6.45, 7) is 2.21. The summed E-state index contributed by atoms with van der Waals surface area (Å²) in [4.78, 5) is 3.04. The summed E-state index contributed by atoms with van der Waals surface area (Å²) in [7, 11) is 0. The van der Waals surface area contributed by atoms with Gasteiger partial charge in [-0.15, -0.1) is 11.3 Å². The molecule has 0 atom stereocenters. The molecule has 0 amide bonds. The molecule has 1 rings (SSSR count).